The number of aryl methyl sites for hydroxylation is 1. The van der Waals surface area contributed by atoms with Crippen LogP contribution in [-0.4, -0.2) is 91.1 Å². The van der Waals surface area contributed by atoms with Crippen LogP contribution >= 0.6 is 0 Å². The SMILES string of the molecule is Cc1ccc(S(=O)(=O)NCc2cc(N(C)C)c3c(c2O)C(O)=C2C(=O)[C@]4(O)C(O)=C(C(N)=O)C(=O)C(N(C)C)[C@@H]4C[C@@H]2C3)cc1. The topological polar surface area (TPSA) is 211 Å². The van der Waals surface area contributed by atoms with E-state index in [0.29, 0.717) is 11.3 Å². The third kappa shape index (κ3) is 4.88. The first-order chi connectivity index (χ1) is 20.9. The van der Waals surface area contributed by atoms with Crippen molar-refractivity contribution in [3.8, 4) is 5.75 Å². The molecule has 2 aromatic rings. The zero-order chi connectivity index (χ0) is 33.3. The molecule has 3 aliphatic rings. The van der Waals surface area contributed by atoms with Gasteiger partial charge in [0.05, 0.1) is 16.5 Å². The van der Waals surface area contributed by atoms with E-state index >= 15 is 0 Å². The first kappa shape index (κ1) is 32.2. The number of nitrogens with one attached hydrogen (secondary N) is 1. The van der Waals surface area contributed by atoms with E-state index < -0.39 is 73.8 Å². The van der Waals surface area contributed by atoms with Gasteiger partial charge in [-0.25, -0.2) is 13.1 Å². The minimum Gasteiger partial charge on any atom is -0.508 e. The number of fused-ring (bicyclic) bond motifs is 3. The Kier molecular flexibility index (Phi) is 7.85. The molecule has 0 aliphatic heterocycles. The molecule has 0 spiro atoms. The predicted octanol–water partition coefficient (Wildman–Crippen LogP) is 0.817. The maximum absolute atomic E-state index is 14.1. The second kappa shape index (κ2) is 11.0. The first-order valence-electron chi connectivity index (χ1n) is 14.2. The molecule has 0 bridgehead atoms. The molecule has 2 aromatic carbocycles. The Labute approximate surface area is 260 Å². The number of likely N-dealkylation sites (N-methyl/N-ethyl adjacent to an activating group) is 1. The van der Waals surface area contributed by atoms with E-state index in [1.807, 2.05) is 6.92 Å². The van der Waals surface area contributed by atoms with Crippen molar-refractivity contribution in [2.24, 2.45) is 17.6 Å². The van der Waals surface area contributed by atoms with E-state index in [1.54, 1.807) is 37.2 Å². The third-order valence-corrected chi connectivity index (χ3v) is 10.5. The molecule has 1 saturated carbocycles. The number of carbonyl (C=O) groups is 3. The number of sulfonamides is 1. The maximum Gasteiger partial charge on any atom is 0.255 e. The Balaban J connectivity index is 1.64. The van der Waals surface area contributed by atoms with Crippen LogP contribution in [0.2, 0.25) is 0 Å². The van der Waals surface area contributed by atoms with Crippen molar-refractivity contribution in [3.63, 3.8) is 0 Å². The van der Waals surface area contributed by atoms with Crippen molar-refractivity contribution >= 4 is 38.9 Å². The largest absolute Gasteiger partial charge is 0.508 e. The van der Waals surface area contributed by atoms with Crippen LogP contribution in [0, 0.1) is 18.8 Å². The Morgan fingerprint density at radius 1 is 1.09 bits per heavy atom. The summed E-state index contributed by atoms with van der Waals surface area (Å²) in [5.74, 6) is -7.50. The summed E-state index contributed by atoms with van der Waals surface area (Å²) in [7, 11) is 2.53. The number of aliphatic hydroxyl groups is 3. The zero-order valence-corrected chi connectivity index (χ0v) is 26.3. The molecule has 0 radical (unpaired) electrons. The van der Waals surface area contributed by atoms with Crippen molar-refractivity contribution < 1.29 is 43.2 Å². The van der Waals surface area contributed by atoms with Gasteiger partial charge in [-0.15, -0.1) is 0 Å². The number of nitrogens with zero attached hydrogens (tertiary/aromatic N) is 2. The second-order valence-corrected chi connectivity index (χ2v) is 14.0. The van der Waals surface area contributed by atoms with Gasteiger partial charge in [0.25, 0.3) is 5.91 Å². The molecular formula is C31H36N4O9S. The number of carbonyl (C=O) groups excluding carboxylic acids is 3. The molecule has 13 nitrogen and oxygen atoms in total. The summed E-state index contributed by atoms with van der Waals surface area (Å²) in [6.45, 7) is 1.46. The second-order valence-electron chi connectivity index (χ2n) is 12.3. The highest BCUT2D eigenvalue weighted by Crippen LogP contribution is 2.54. The third-order valence-electron chi connectivity index (χ3n) is 9.04. The summed E-state index contributed by atoms with van der Waals surface area (Å²) in [5.41, 5.74) is 3.29. The van der Waals surface area contributed by atoms with Gasteiger partial charge in [0.15, 0.2) is 11.4 Å². The predicted molar refractivity (Wildman–Crippen MR) is 164 cm³/mol. The summed E-state index contributed by atoms with van der Waals surface area (Å²) >= 11 is 0. The number of primary amides is 1. The van der Waals surface area contributed by atoms with E-state index in [4.69, 9.17) is 5.73 Å². The van der Waals surface area contributed by atoms with Crippen LogP contribution in [0.3, 0.4) is 0 Å². The van der Waals surface area contributed by atoms with Crippen molar-refractivity contribution in [3.05, 3.63) is 69.5 Å². The molecule has 0 saturated heterocycles. The van der Waals surface area contributed by atoms with Crippen LogP contribution in [0.4, 0.5) is 5.69 Å². The Hall–Kier alpha value is -4.24. The van der Waals surface area contributed by atoms with E-state index in [0.717, 1.165) is 5.56 Å². The van der Waals surface area contributed by atoms with Crippen LogP contribution in [0.15, 0.2) is 52.1 Å². The van der Waals surface area contributed by atoms with Crippen LogP contribution < -0.4 is 15.4 Å². The fourth-order valence-electron chi connectivity index (χ4n) is 6.85. The molecule has 5 rings (SSSR count). The Bertz CT molecular complexity index is 1810. The summed E-state index contributed by atoms with van der Waals surface area (Å²) in [6, 6.07) is 6.60. The van der Waals surface area contributed by atoms with Gasteiger partial charge in [-0.3, -0.25) is 19.3 Å². The summed E-state index contributed by atoms with van der Waals surface area (Å²) in [6.07, 6.45) is 0.0580. The molecule has 14 heteroatoms. The molecule has 240 valence electrons. The molecule has 0 aromatic heterocycles. The summed E-state index contributed by atoms with van der Waals surface area (Å²) in [4.78, 5) is 42.8. The number of nitrogens with two attached hydrogens (primary N) is 1. The van der Waals surface area contributed by atoms with Crippen LogP contribution in [-0.2, 0) is 37.4 Å². The first-order valence-corrected chi connectivity index (χ1v) is 15.7. The number of hydrogen-bond donors (Lipinski definition) is 6. The maximum atomic E-state index is 14.1. The number of benzene rings is 2. The molecule has 1 amide bonds. The van der Waals surface area contributed by atoms with E-state index in [2.05, 4.69) is 4.72 Å². The molecule has 1 unspecified atom stereocenters. The van der Waals surface area contributed by atoms with Gasteiger partial charge in [-0.1, -0.05) is 17.7 Å². The van der Waals surface area contributed by atoms with Crippen molar-refractivity contribution in [1.29, 1.82) is 0 Å². The minimum atomic E-state index is -3.98. The average molecular weight is 641 g/mol. The Morgan fingerprint density at radius 3 is 2.27 bits per heavy atom. The van der Waals surface area contributed by atoms with Gasteiger partial charge < -0.3 is 31.1 Å². The van der Waals surface area contributed by atoms with Crippen molar-refractivity contribution in [2.45, 2.75) is 42.8 Å². The number of Topliss-reactive ketones (excluding diaryl/α,β-unsaturated/α-hetero) is 2. The van der Waals surface area contributed by atoms with Crippen LogP contribution in [0.1, 0.15) is 28.7 Å². The molecule has 3 aliphatic carbocycles. The molecule has 0 heterocycles. The highest BCUT2D eigenvalue weighted by atomic mass is 32.2. The number of hydrogen-bond acceptors (Lipinski definition) is 11. The molecule has 4 atom stereocenters. The molecule has 45 heavy (non-hydrogen) atoms. The molecule has 7 N–H and O–H groups in total. The number of rotatable bonds is 7. The van der Waals surface area contributed by atoms with E-state index in [-0.39, 0.29) is 41.0 Å². The normalized spacial score (nSPS) is 24.8. The van der Waals surface area contributed by atoms with Crippen molar-refractivity contribution in [2.75, 3.05) is 33.1 Å². The number of ketones is 2. The summed E-state index contributed by atoms with van der Waals surface area (Å²) in [5, 5.41) is 45.9. The quantitative estimate of drug-likeness (QED) is 0.233. The summed E-state index contributed by atoms with van der Waals surface area (Å²) < 4.78 is 28.4. The van der Waals surface area contributed by atoms with Gasteiger partial charge >= 0.3 is 0 Å². The lowest BCUT2D eigenvalue weighted by molar-refractivity contribution is -0.153. The molecule has 1 fully saturated rings. The number of aromatic hydroxyl groups is 1. The number of aliphatic hydroxyl groups excluding tert-OH is 2. The Morgan fingerprint density at radius 2 is 1.71 bits per heavy atom. The van der Waals surface area contributed by atoms with Gasteiger partial charge in [-0.2, -0.15) is 0 Å². The van der Waals surface area contributed by atoms with Gasteiger partial charge in [0.1, 0.15) is 22.8 Å². The zero-order valence-electron chi connectivity index (χ0n) is 25.5. The van der Waals surface area contributed by atoms with E-state index in [9.17, 15) is 43.2 Å². The lowest BCUT2D eigenvalue weighted by Crippen LogP contribution is -2.65. The highest BCUT2D eigenvalue weighted by molar-refractivity contribution is 7.89. The number of amides is 1. The fraction of sp³-hybridized carbons (Fsp3) is 0.387. The number of phenols is 1. The number of phenolic OH excluding ortho intramolecular Hbond substituents is 1. The van der Waals surface area contributed by atoms with Gasteiger partial charge in [0.2, 0.25) is 15.8 Å². The van der Waals surface area contributed by atoms with E-state index in [1.165, 1.54) is 31.1 Å². The average Bonchev–Trinajstić information content (AvgIpc) is 2.94. The lowest BCUT2D eigenvalue weighted by Gasteiger charge is -2.50. The highest BCUT2D eigenvalue weighted by Gasteiger charge is 2.64. The van der Waals surface area contributed by atoms with Gasteiger partial charge in [0, 0.05) is 43.4 Å². The minimum absolute atomic E-state index is 0.0203. The van der Waals surface area contributed by atoms with Gasteiger partial charge in [-0.05, 0) is 63.5 Å². The van der Waals surface area contributed by atoms with Crippen LogP contribution in [0.25, 0.3) is 5.76 Å². The van der Waals surface area contributed by atoms with Crippen LogP contribution in [0.5, 0.6) is 5.75 Å². The molecular weight excluding hydrogens is 604 g/mol. The van der Waals surface area contributed by atoms with Crippen molar-refractivity contribution in [1.82, 2.24) is 9.62 Å². The lowest BCUT2D eigenvalue weighted by atomic mass is 9.57. The smallest absolute Gasteiger partial charge is 0.255 e. The monoisotopic (exact) mass is 640 g/mol. The fourth-order valence-corrected chi connectivity index (χ4v) is 7.86. The standard InChI is InChI=1S/C31H36N4O9S/c1-14-6-8-17(9-7-14)45(43,44)33-13-16-12-20(34(2)3)18-10-15-11-19-24(35(4)5)27(38)23(30(32)41)29(40)31(19,42)28(39)21(15)26(37)22(18)25(16)36/h6-9,12,15,19,24,33,36-37,40,42H,10-11,13H2,1-5H3,(H2,32,41)/t15-,19-,24?,31-/m0/s1. The number of anilines is 1.